The van der Waals surface area contributed by atoms with Crippen LogP contribution >= 0.6 is 37.2 Å². The molecular formula is C15H28Cl3N5. The lowest BCUT2D eigenvalue weighted by Crippen LogP contribution is -2.48. The minimum Gasteiger partial charge on any atom is -0.317 e. The molecule has 0 aliphatic carbocycles. The summed E-state index contributed by atoms with van der Waals surface area (Å²) in [5.74, 6) is 1.60. The second-order valence-corrected chi connectivity index (χ2v) is 5.85. The van der Waals surface area contributed by atoms with Crippen LogP contribution in [0.1, 0.15) is 30.4 Å². The Morgan fingerprint density at radius 1 is 1.04 bits per heavy atom. The van der Waals surface area contributed by atoms with Crippen LogP contribution in [-0.2, 0) is 0 Å². The number of halogens is 3. The number of aryl methyl sites for hydroxylation is 1. The van der Waals surface area contributed by atoms with Crippen LogP contribution in [0.3, 0.4) is 0 Å². The first-order valence-electron chi connectivity index (χ1n) is 7.79. The van der Waals surface area contributed by atoms with Crippen LogP contribution in [0.25, 0.3) is 0 Å². The van der Waals surface area contributed by atoms with E-state index in [0.29, 0.717) is 12.0 Å². The number of nitrogens with zero attached hydrogens (tertiary/aromatic N) is 3. The fourth-order valence-corrected chi connectivity index (χ4v) is 3.49. The number of aromatic nitrogens is 2. The van der Waals surface area contributed by atoms with E-state index in [9.17, 15) is 0 Å². The zero-order valence-electron chi connectivity index (χ0n) is 13.5. The third kappa shape index (κ3) is 6.00. The maximum atomic E-state index is 4.73. The SMILES string of the molecule is Cc1nccc(C(C2CCNCC2)N2CCNCC2)n1.Cl.Cl.Cl. The number of piperidine rings is 1. The average Bonchev–Trinajstić information content (AvgIpc) is 2.50. The van der Waals surface area contributed by atoms with Crippen molar-refractivity contribution >= 4 is 37.2 Å². The molecule has 134 valence electrons. The maximum Gasteiger partial charge on any atom is 0.125 e. The summed E-state index contributed by atoms with van der Waals surface area (Å²) < 4.78 is 0. The molecule has 1 aromatic rings. The van der Waals surface area contributed by atoms with Gasteiger partial charge in [-0.1, -0.05) is 0 Å². The van der Waals surface area contributed by atoms with Crippen LogP contribution in [-0.4, -0.2) is 54.1 Å². The topological polar surface area (TPSA) is 53.1 Å². The Bertz CT molecular complexity index is 419. The van der Waals surface area contributed by atoms with Gasteiger partial charge in [-0.05, 0) is 44.8 Å². The van der Waals surface area contributed by atoms with Gasteiger partial charge in [0.2, 0.25) is 0 Å². The molecule has 0 bridgehead atoms. The highest BCUT2D eigenvalue weighted by Crippen LogP contribution is 2.33. The van der Waals surface area contributed by atoms with Gasteiger partial charge in [-0.25, -0.2) is 9.97 Å². The molecular weight excluding hydrogens is 357 g/mol. The average molecular weight is 385 g/mol. The van der Waals surface area contributed by atoms with E-state index < -0.39 is 0 Å². The van der Waals surface area contributed by atoms with Gasteiger partial charge in [-0.3, -0.25) is 4.90 Å². The van der Waals surface area contributed by atoms with E-state index in [2.05, 4.69) is 26.6 Å². The minimum absolute atomic E-state index is 0. The van der Waals surface area contributed by atoms with Crippen molar-refractivity contribution in [2.75, 3.05) is 39.3 Å². The van der Waals surface area contributed by atoms with E-state index >= 15 is 0 Å². The second-order valence-electron chi connectivity index (χ2n) is 5.85. The van der Waals surface area contributed by atoms with Gasteiger partial charge in [0.25, 0.3) is 0 Å². The highest BCUT2D eigenvalue weighted by atomic mass is 35.5. The van der Waals surface area contributed by atoms with Gasteiger partial charge in [-0.2, -0.15) is 0 Å². The third-order valence-electron chi connectivity index (χ3n) is 4.48. The quantitative estimate of drug-likeness (QED) is 0.835. The van der Waals surface area contributed by atoms with Crippen LogP contribution in [0.15, 0.2) is 12.3 Å². The molecule has 1 aromatic heterocycles. The molecule has 23 heavy (non-hydrogen) atoms. The lowest BCUT2D eigenvalue weighted by molar-refractivity contribution is 0.104. The van der Waals surface area contributed by atoms with Crippen molar-refractivity contribution in [2.24, 2.45) is 5.92 Å². The van der Waals surface area contributed by atoms with E-state index in [-0.39, 0.29) is 37.2 Å². The first-order chi connectivity index (χ1) is 9.84. The predicted molar refractivity (Wildman–Crippen MR) is 101 cm³/mol. The Morgan fingerprint density at radius 2 is 1.65 bits per heavy atom. The Kier molecular flexibility index (Phi) is 11.3. The molecule has 1 unspecified atom stereocenters. The molecule has 5 nitrogen and oxygen atoms in total. The first-order valence-corrected chi connectivity index (χ1v) is 7.79. The number of piperazine rings is 1. The zero-order valence-corrected chi connectivity index (χ0v) is 16.0. The molecule has 0 radical (unpaired) electrons. The van der Waals surface area contributed by atoms with Gasteiger partial charge in [0, 0.05) is 32.4 Å². The fraction of sp³-hybridized carbons (Fsp3) is 0.733. The number of hydrogen-bond acceptors (Lipinski definition) is 5. The molecule has 0 spiro atoms. The molecule has 3 heterocycles. The van der Waals surface area contributed by atoms with E-state index in [1.165, 1.54) is 18.5 Å². The van der Waals surface area contributed by atoms with E-state index in [0.717, 1.165) is 45.1 Å². The Morgan fingerprint density at radius 3 is 2.26 bits per heavy atom. The van der Waals surface area contributed by atoms with E-state index in [1.54, 1.807) is 0 Å². The van der Waals surface area contributed by atoms with Crippen LogP contribution in [0.2, 0.25) is 0 Å². The lowest BCUT2D eigenvalue weighted by Gasteiger charge is -2.40. The zero-order chi connectivity index (χ0) is 13.8. The molecule has 1 atom stereocenters. The van der Waals surface area contributed by atoms with Gasteiger partial charge in [0.1, 0.15) is 5.82 Å². The number of nitrogens with one attached hydrogen (secondary N) is 2. The van der Waals surface area contributed by atoms with Gasteiger partial charge < -0.3 is 10.6 Å². The molecule has 2 saturated heterocycles. The summed E-state index contributed by atoms with van der Waals surface area (Å²) in [6, 6.07) is 2.57. The summed E-state index contributed by atoms with van der Waals surface area (Å²) in [5, 5.41) is 6.92. The van der Waals surface area contributed by atoms with E-state index in [1.807, 2.05) is 13.1 Å². The number of rotatable bonds is 3. The first kappa shape index (κ1) is 22.8. The summed E-state index contributed by atoms with van der Waals surface area (Å²) in [5.41, 5.74) is 1.21. The molecule has 2 aliphatic heterocycles. The van der Waals surface area contributed by atoms with Gasteiger partial charge in [-0.15, -0.1) is 37.2 Å². The summed E-state index contributed by atoms with van der Waals surface area (Å²) in [7, 11) is 0. The van der Waals surface area contributed by atoms with Gasteiger partial charge in [0.15, 0.2) is 0 Å². The monoisotopic (exact) mass is 383 g/mol. The van der Waals surface area contributed by atoms with Crippen molar-refractivity contribution in [3.05, 3.63) is 23.8 Å². The van der Waals surface area contributed by atoms with Gasteiger partial charge >= 0.3 is 0 Å². The fourth-order valence-electron chi connectivity index (χ4n) is 3.49. The Labute approximate surface area is 157 Å². The van der Waals surface area contributed by atoms with Crippen LogP contribution in [0.4, 0.5) is 0 Å². The largest absolute Gasteiger partial charge is 0.317 e. The normalized spacial score (nSPS) is 20.6. The standard InChI is InChI=1S/C15H25N5.3ClH/c1-12-18-7-4-14(19-12)15(13-2-5-16-6-3-13)20-10-8-17-9-11-20;;;/h4,7,13,15-17H,2-3,5-6,8-11H2,1H3;3*1H. The van der Waals surface area contributed by atoms with Gasteiger partial charge in [0.05, 0.1) is 11.7 Å². The van der Waals surface area contributed by atoms with Crippen LogP contribution in [0.5, 0.6) is 0 Å². The minimum atomic E-state index is 0. The molecule has 0 saturated carbocycles. The van der Waals surface area contributed by atoms with E-state index in [4.69, 9.17) is 4.98 Å². The highest BCUT2D eigenvalue weighted by molar-refractivity contribution is 5.86. The van der Waals surface area contributed by atoms with Crippen LogP contribution in [0, 0.1) is 12.8 Å². The van der Waals surface area contributed by atoms with Crippen molar-refractivity contribution in [2.45, 2.75) is 25.8 Å². The summed E-state index contributed by atoms with van der Waals surface area (Å²) in [6.07, 6.45) is 4.41. The number of hydrogen-bond donors (Lipinski definition) is 2. The second kappa shape index (κ2) is 11.4. The highest BCUT2D eigenvalue weighted by Gasteiger charge is 2.31. The smallest absolute Gasteiger partial charge is 0.125 e. The van der Waals surface area contributed by atoms with Crippen molar-refractivity contribution in [1.82, 2.24) is 25.5 Å². The predicted octanol–water partition coefficient (Wildman–Crippen LogP) is 2.00. The Balaban J connectivity index is 0.00000161. The summed E-state index contributed by atoms with van der Waals surface area (Å²) >= 11 is 0. The summed E-state index contributed by atoms with van der Waals surface area (Å²) in [6.45, 7) is 8.68. The van der Waals surface area contributed by atoms with Crippen molar-refractivity contribution in [3.63, 3.8) is 0 Å². The van der Waals surface area contributed by atoms with Crippen LogP contribution < -0.4 is 10.6 Å². The molecule has 3 rings (SSSR count). The molecule has 2 aliphatic rings. The molecule has 2 N–H and O–H groups in total. The van der Waals surface area contributed by atoms with Crippen molar-refractivity contribution < 1.29 is 0 Å². The lowest BCUT2D eigenvalue weighted by atomic mass is 9.86. The molecule has 8 heteroatoms. The molecule has 0 aromatic carbocycles. The third-order valence-corrected chi connectivity index (χ3v) is 4.48. The Hall–Kier alpha value is -0.170. The van der Waals surface area contributed by atoms with Crippen molar-refractivity contribution in [1.29, 1.82) is 0 Å². The summed E-state index contributed by atoms with van der Waals surface area (Å²) in [4.78, 5) is 11.6. The molecule has 2 fully saturated rings. The molecule has 0 amide bonds. The van der Waals surface area contributed by atoms with Crippen molar-refractivity contribution in [3.8, 4) is 0 Å². The maximum absolute atomic E-state index is 4.73.